The molecule has 17 heavy (non-hydrogen) atoms. The van der Waals surface area contributed by atoms with Crippen LogP contribution in [0.3, 0.4) is 0 Å². The van der Waals surface area contributed by atoms with Gasteiger partial charge in [0.25, 0.3) is 5.91 Å². The summed E-state index contributed by atoms with van der Waals surface area (Å²) >= 11 is 9.44. The highest BCUT2D eigenvalue weighted by Crippen LogP contribution is 2.19. The van der Waals surface area contributed by atoms with Gasteiger partial charge in [-0.2, -0.15) is 11.8 Å². The predicted molar refractivity (Wildman–Crippen MR) is 81.3 cm³/mol. The topological polar surface area (TPSA) is 29.1 Å². The Morgan fingerprint density at radius 2 is 2.29 bits per heavy atom. The van der Waals surface area contributed by atoms with Crippen LogP contribution in [0.4, 0.5) is 0 Å². The van der Waals surface area contributed by atoms with Gasteiger partial charge in [0.15, 0.2) is 0 Å². The molecule has 1 atom stereocenters. The molecule has 1 N–H and O–H groups in total. The Balaban J connectivity index is 2.52. The number of hydrogen-bond donors (Lipinski definition) is 2. The molecule has 1 aromatic rings. The molecule has 1 rings (SSSR count). The molecule has 5 heteroatoms. The fourth-order valence-corrected chi connectivity index (χ4v) is 2.51. The summed E-state index contributed by atoms with van der Waals surface area (Å²) in [7, 11) is 0. The number of thiol groups is 1. The number of thioether (sulfide) groups is 1. The molecule has 1 amide bonds. The molecule has 0 aliphatic heterocycles. The van der Waals surface area contributed by atoms with Crippen molar-refractivity contribution < 1.29 is 4.79 Å². The van der Waals surface area contributed by atoms with Gasteiger partial charge >= 0.3 is 0 Å². The third-order valence-electron chi connectivity index (χ3n) is 2.44. The van der Waals surface area contributed by atoms with E-state index in [1.165, 1.54) is 0 Å². The highest BCUT2D eigenvalue weighted by atomic mass is 79.9. The summed E-state index contributed by atoms with van der Waals surface area (Å²) in [4.78, 5) is 12.6. The minimum absolute atomic E-state index is 0.0594. The van der Waals surface area contributed by atoms with Crippen molar-refractivity contribution in [3.8, 4) is 0 Å². The van der Waals surface area contributed by atoms with Crippen molar-refractivity contribution in [1.82, 2.24) is 5.32 Å². The summed E-state index contributed by atoms with van der Waals surface area (Å²) in [6.07, 6.45) is 3.05. The van der Waals surface area contributed by atoms with Gasteiger partial charge in [-0.3, -0.25) is 4.79 Å². The summed E-state index contributed by atoms with van der Waals surface area (Å²) in [5.74, 6) is -0.0594. The minimum atomic E-state index is -0.0594. The fraction of sp³-hybridized carbons (Fsp3) is 0.417. The average molecular weight is 334 g/mol. The van der Waals surface area contributed by atoms with E-state index in [0.717, 1.165) is 10.9 Å². The lowest BCUT2D eigenvalue weighted by Gasteiger charge is -2.10. The van der Waals surface area contributed by atoms with Gasteiger partial charge < -0.3 is 5.32 Å². The van der Waals surface area contributed by atoms with E-state index in [4.69, 9.17) is 0 Å². The van der Waals surface area contributed by atoms with Crippen LogP contribution in [0.15, 0.2) is 27.6 Å². The third kappa shape index (κ3) is 4.94. The average Bonchev–Trinajstić information content (AvgIpc) is 2.28. The Bertz CT molecular complexity index is 398. The molecule has 0 fully saturated rings. The first kappa shape index (κ1) is 14.9. The van der Waals surface area contributed by atoms with E-state index in [1.54, 1.807) is 17.8 Å². The number of nitrogens with one attached hydrogen (secondary N) is 1. The largest absolute Gasteiger partial charge is 0.352 e. The van der Waals surface area contributed by atoms with Gasteiger partial charge in [-0.05, 0) is 30.9 Å². The SMILES string of the molecule is CSC(C)CCNC(=O)c1ccc(Br)cc1S. The second kappa shape index (κ2) is 7.34. The van der Waals surface area contributed by atoms with Crippen molar-refractivity contribution in [3.63, 3.8) is 0 Å². The number of halogens is 1. The lowest BCUT2D eigenvalue weighted by Crippen LogP contribution is -2.26. The van der Waals surface area contributed by atoms with E-state index < -0.39 is 0 Å². The van der Waals surface area contributed by atoms with E-state index in [1.807, 2.05) is 12.1 Å². The van der Waals surface area contributed by atoms with Crippen LogP contribution in [-0.2, 0) is 0 Å². The number of amides is 1. The molecule has 0 spiro atoms. The molecule has 94 valence electrons. The first-order valence-electron chi connectivity index (χ1n) is 5.34. The molecule has 0 aromatic heterocycles. The molecule has 2 nitrogen and oxygen atoms in total. The van der Waals surface area contributed by atoms with E-state index in [2.05, 4.69) is 47.1 Å². The van der Waals surface area contributed by atoms with Crippen LogP contribution in [-0.4, -0.2) is 24.0 Å². The molecule has 0 saturated heterocycles. The maximum absolute atomic E-state index is 11.9. The molecule has 0 heterocycles. The van der Waals surface area contributed by atoms with Crippen LogP contribution in [0.1, 0.15) is 23.7 Å². The summed E-state index contributed by atoms with van der Waals surface area (Å²) < 4.78 is 0.926. The smallest absolute Gasteiger partial charge is 0.252 e. The van der Waals surface area contributed by atoms with Crippen LogP contribution in [0.5, 0.6) is 0 Å². The molecule has 0 bridgehead atoms. The van der Waals surface area contributed by atoms with Crippen molar-refractivity contribution in [2.45, 2.75) is 23.5 Å². The summed E-state index contributed by atoms with van der Waals surface area (Å²) in [6.45, 7) is 2.85. The van der Waals surface area contributed by atoms with Crippen LogP contribution in [0.2, 0.25) is 0 Å². The first-order chi connectivity index (χ1) is 8.04. The quantitative estimate of drug-likeness (QED) is 0.806. The summed E-state index contributed by atoms with van der Waals surface area (Å²) in [5.41, 5.74) is 0.619. The Morgan fingerprint density at radius 3 is 2.88 bits per heavy atom. The van der Waals surface area contributed by atoms with Crippen LogP contribution >= 0.6 is 40.3 Å². The lowest BCUT2D eigenvalue weighted by atomic mass is 10.2. The van der Waals surface area contributed by atoms with Gasteiger partial charge in [0.05, 0.1) is 5.56 Å². The van der Waals surface area contributed by atoms with Crippen LogP contribution < -0.4 is 5.32 Å². The van der Waals surface area contributed by atoms with E-state index in [-0.39, 0.29) is 5.91 Å². The number of carbonyl (C=O) groups excluding carboxylic acids is 1. The zero-order valence-corrected chi connectivity index (χ0v) is 13.2. The highest BCUT2D eigenvalue weighted by molar-refractivity contribution is 9.10. The molecule has 1 aromatic carbocycles. The van der Waals surface area contributed by atoms with Crippen molar-refractivity contribution in [1.29, 1.82) is 0 Å². The molecule has 0 aliphatic carbocycles. The second-order valence-electron chi connectivity index (χ2n) is 3.75. The van der Waals surface area contributed by atoms with E-state index >= 15 is 0 Å². The van der Waals surface area contributed by atoms with E-state index in [9.17, 15) is 4.79 Å². The zero-order chi connectivity index (χ0) is 12.8. The zero-order valence-electron chi connectivity index (χ0n) is 9.87. The summed E-state index contributed by atoms with van der Waals surface area (Å²) in [5, 5.41) is 3.47. The standard InChI is InChI=1S/C12H16BrNOS2/c1-8(17-2)5-6-14-12(15)10-4-3-9(13)7-11(10)16/h3-4,7-8,16H,5-6H2,1-2H3,(H,14,15). The van der Waals surface area contributed by atoms with Gasteiger partial charge in [-0.25, -0.2) is 0 Å². The van der Waals surface area contributed by atoms with Crippen LogP contribution in [0, 0.1) is 0 Å². The number of rotatable bonds is 5. The van der Waals surface area contributed by atoms with Gasteiger partial charge in [-0.1, -0.05) is 22.9 Å². The van der Waals surface area contributed by atoms with Crippen molar-refractivity contribution >= 4 is 46.2 Å². The second-order valence-corrected chi connectivity index (χ2v) is 6.43. The van der Waals surface area contributed by atoms with E-state index in [0.29, 0.717) is 22.3 Å². The Morgan fingerprint density at radius 1 is 1.59 bits per heavy atom. The third-order valence-corrected chi connectivity index (χ3v) is 4.35. The Labute approximate surface area is 120 Å². The van der Waals surface area contributed by atoms with Crippen molar-refractivity contribution in [3.05, 3.63) is 28.2 Å². The molecule has 1 unspecified atom stereocenters. The van der Waals surface area contributed by atoms with Gasteiger partial charge in [-0.15, -0.1) is 12.6 Å². The normalized spacial score (nSPS) is 12.2. The molecular formula is C12H16BrNOS2. The van der Waals surface area contributed by atoms with Gasteiger partial charge in [0, 0.05) is 21.2 Å². The first-order valence-corrected chi connectivity index (χ1v) is 7.87. The Hall–Kier alpha value is -0.130. The van der Waals surface area contributed by atoms with Crippen LogP contribution in [0.25, 0.3) is 0 Å². The molecule has 0 saturated carbocycles. The number of hydrogen-bond acceptors (Lipinski definition) is 3. The predicted octanol–water partition coefficient (Wildman–Crippen LogP) is 3.61. The maximum Gasteiger partial charge on any atom is 0.252 e. The fourth-order valence-electron chi connectivity index (χ4n) is 1.30. The Kier molecular flexibility index (Phi) is 6.44. The molecule has 0 aliphatic rings. The summed E-state index contributed by atoms with van der Waals surface area (Å²) in [6, 6.07) is 5.45. The highest BCUT2D eigenvalue weighted by Gasteiger charge is 2.09. The van der Waals surface area contributed by atoms with Crippen molar-refractivity contribution in [2.75, 3.05) is 12.8 Å². The van der Waals surface area contributed by atoms with Gasteiger partial charge in [0.2, 0.25) is 0 Å². The minimum Gasteiger partial charge on any atom is -0.352 e. The number of carbonyl (C=O) groups is 1. The lowest BCUT2D eigenvalue weighted by molar-refractivity contribution is 0.0950. The molecular weight excluding hydrogens is 318 g/mol. The molecule has 0 radical (unpaired) electrons. The monoisotopic (exact) mass is 333 g/mol. The van der Waals surface area contributed by atoms with Gasteiger partial charge in [0.1, 0.15) is 0 Å². The van der Waals surface area contributed by atoms with Crippen molar-refractivity contribution in [2.24, 2.45) is 0 Å². The maximum atomic E-state index is 11.9. The number of benzene rings is 1.